The van der Waals surface area contributed by atoms with E-state index in [4.69, 9.17) is 0 Å². The number of aryl methyl sites for hydroxylation is 1. The number of aromatic nitrogens is 2. The van der Waals surface area contributed by atoms with Crippen molar-refractivity contribution in [3.8, 4) is 0 Å². The first-order valence-electron chi connectivity index (χ1n) is 11.0. The summed E-state index contributed by atoms with van der Waals surface area (Å²) in [6, 6.07) is 29.0. The largest absolute Gasteiger partial charge is 1.00 e. The fourth-order valence-corrected chi connectivity index (χ4v) is 3.66. The number of hydrogen-bond acceptors (Lipinski definition) is 4. The predicted molar refractivity (Wildman–Crippen MR) is 144 cm³/mol. The van der Waals surface area contributed by atoms with E-state index >= 15 is 0 Å². The van der Waals surface area contributed by atoms with Crippen molar-refractivity contribution in [3.05, 3.63) is 115 Å². The van der Waals surface area contributed by atoms with E-state index in [1.54, 1.807) is 6.20 Å². The Bertz CT molecular complexity index is 1440. The van der Waals surface area contributed by atoms with Gasteiger partial charge in [-0.15, -0.1) is 12.4 Å². The van der Waals surface area contributed by atoms with Gasteiger partial charge in [-0.05, 0) is 60.7 Å². The number of carbonyl (C=O) groups excluding carboxylic acids is 1. The van der Waals surface area contributed by atoms with Crippen molar-refractivity contribution in [2.75, 3.05) is 16.0 Å². The van der Waals surface area contributed by atoms with Crippen molar-refractivity contribution in [2.45, 2.75) is 0 Å². The van der Waals surface area contributed by atoms with Gasteiger partial charge in [0, 0.05) is 52.0 Å². The van der Waals surface area contributed by atoms with Gasteiger partial charge < -0.3 is 28.4 Å². The molecule has 0 aliphatic heterocycles. The molecule has 2 heterocycles. The third-order valence-corrected chi connectivity index (χ3v) is 5.49. The van der Waals surface area contributed by atoms with Crippen LogP contribution in [0.2, 0.25) is 0 Å². The first-order valence-corrected chi connectivity index (χ1v) is 11.0. The van der Waals surface area contributed by atoms with Crippen LogP contribution in [0.4, 0.5) is 28.4 Å². The van der Waals surface area contributed by atoms with Gasteiger partial charge in [-0.2, -0.15) is 0 Å². The molecule has 0 fully saturated rings. The lowest BCUT2D eigenvalue weighted by Gasteiger charge is -2.11. The van der Waals surface area contributed by atoms with Gasteiger partial charge in [0.2, 0.25) is 0 Å². The van der Waals surface area contributed by atoms with Crippen LogP contribution in [0.15, 0.2) is 110 Å². The summed E-state index contributed by atoms with van der Waals surface area (Å²) in [5.74, 6) is -0.154. The third kappa shape index (κ3) is 6.30. The molecule has 6 nitrogen and oxygen atoms in total. The van der Waals surface area contributed by atoms with Crippen molar-refractivity contribution in [1.82, 2.24) is 4.98 Å². The summed E-state index contributed by atoms with van der Waals surface area (Å²) in [6.07, 6.45) is 5.74. The SMILES string of the molecule is C[n+]1ccc(Nc2ccc(C(=O)Nc3ccc(Nc4ccnc5ccccc45)cc3)cc2)cc1.Cl.[Cl-]. The third-order valence-electron chi connectivity index (χ3n) is 5.49. The molecule has 182 valence electrons. The molecule has 0 radical (unpaired) electrons. The average molecular weight is 518 g/mol. The fourth-order valence-electron chi connectivity index (χ4n) is 3.66. The molecule has 0 saturated carbocycles. The monoisotopic (exact) mass is 517 g/mol. The van der Waals surface area contributed by atoms with Gasteiger partial charge in [-0.25, -0.2) is 4.57 Å². The highest BCUT2D eigenvalue weighted by atomic mass is 35.5. The quantitative estimate of drug-likeness (QED) is 0.302. The van der Waals surface area contributed by atoms with Crippen LogP contribution in [-0.2, 0) is 7.05 Å². The minimum atomic E-state index is -0.154. The van der Waals surface area contributed by atoms with Crippen molar-refractivity contribution < 1.29 is 21.8 Å². The van der Waals surface area contributed by atoms with E-state index in [0.29, 0.717) is 5.56 Å². The van der Waals surface area contributed by atoms with Crippen molar-refractivity contribution in [1.29, 1.82) is 0 Å². The van der Waals surface area contributed by atoms with Crippen LogP contribution >= 0.6 is 12.4 Å². The zero-order chi connectivity index (χ0) is 23.3. The zero-order valence-electron chi connectivity index (χ0n) is 19.5. The van der Waals surface area contributed by atoms with Crippen LogP contribution in [0.1, 0.15) is 10.4 Å². The second-order valence-corrected chi connectivity index (χ2v) is 7.99. The number of benzene rings is 3. The van der Waals surface area contributed by atoms with E-state index in [1.165, 1.54) is 0 Å². The van der Waals surface area contributed by atoms with Crippen LogP contribution in [0, 0.1) is 0 Å². The molecule has 0 spiro atoms. The van der Waals surface area contributed by atoms with Crippen molar-refractivity contribution in [2.24, 2.45) is 7.05 Å². The lowest BCUT2D eigenvalue weighted by atomic mass is 10.1. The maximum atomic E-state index is 12.7. The predicted octanol–water partition coefficient (Wildman–Crippen LogP) is 3.22. The van der Waals surface area contributed by atoms with E-state index in [9.17, 15) is 4.79 Å². The van der Waals surface area contributed by atoms with Crippen molar-refractivity contribution in [3.63, 3.8) is 0 Å². The summed E-state index contributed by atoms with van der Waals surface area (Å²) in [6.45, 7) is 0. The highest BCUT2D eigenvalue weighted by molar-refractivity contribution is 6.04. The Morgan fingerprint density at radius 1 is 0.722 bits per heavy atom. The molecule has 1 amide bonds. The Morgan fingerprint density at radius 3 is 2.03 bits per heavy atom. The Balaban J connectivity index is 0.00000180. The standard InChI is InChI=1S/C28H23N5O.2ClH/c1-33-18-15-24(16-19-33)30-21-8-6-20(7-9-21)28(34)32-23-12-10-22(11-13-23)31-27-14-17-29-26-5-3-2-4-25(26)27;;/h2-19H,1H3,(H2,29,31,32,34);2*1H. The Hall–Kier alpha value is -4.13. The molecule has 36 heavy (non-hydrogen) atoms. The van der Waals surface area contributed by atoms with E-state index < -0.39 is 0 Å². The van der Waals surface area contributed by atoms with Gasteiger partial charge in [0.1, 0.15) is 7.05 Å². The smallest absolute Gasteiger partial charge is 0.255 e. The summed E-state index contributed by atoms with van der Waals surface area (Å²) < 4.78 is 1.97. The molecule has 0 unspecified atom stereocenters. The number of nitrogens with zero attached hydrogens (tertiary/aromatic N) is 2. The van der Waals surface area contributed by atoms with Gasteiger partial charge >= 0.3 is 0 Å². The fraction of sp³-hybridized carbons (Fsp3) is 0.0357. The molecule has 0 atom stereocenters. The minimum Gasteiger partial charge on any atom is -1.00 e. The molecule has 5 aromatic rings. The topological polar surface area (TPSA) is 69.9 Å². The summed E-state index contributed by atoms with van der Waals surface area (Å²) in [5.41, 5.74) is 6.09. The van der Waals surface area contributed by atoms with Gasteiger partial charge in [-0.1, -0.05) is 18.2 Å². The molecule has 0 saturated heterocycles. The highest BCUT2D eigenvalue weighted by Gasteiger charge is 2.07. The number of fused-ring (bicyclic) bond motifs is 1. The highest BCUT2D eigenvalue weighted by Crippen LogP contribution is 2.26. The molecule has 8 heteroatoms. The Labute approximate surface area is 222 Å². The lowest BCUT2D eigenvalue weighted by molar-refractivity contribution is -0.671. The van der Waals surface area contributed by atoms with E-state index in [-0.39, 0.29) is 30.7 Å². The number of anilines is 5. The number of pyridine rings is 2. The first kappa shape index (κ1) is 26.5. The molecule has 0 aliphatic carbocycles. The number of para-hydroxylation sites is 1. The molecule has 3 N–H and O–H groups in total. The van der Waals surface area contributed by atoms with Gasteiger partial charge in [0.15, 0.2) is 12.4 Å². The minimum absolute atomic E-state index is 0. The maximum absolute atomic E-state index is 12.7. The molecule has 3 aromatic carbocycles. The Kier molecular flexibility index (Phi) is 8.84. The van der Waals surface area contributed by atoms with Crippen molar-refractivity contribution >= 4 is 57.7 Å². The average Bonchev–Trinajstić information content (AvgIpc) is 2.87. The summed E-state index contributed by atoms with van der Waals surface area (Å²) >= 11 is 0. The Morgan fingerprint density at radius 2 is 1.31 bits per heavy atom. The van der Waals surface area contributed by atoms with E-state index in [2.05, 4.69) is 20.9 Å². The summed E-state index contributed by atoms with van der Waals surface area (Å²) in [7, 11) is 1.98. The van der Waals surface area contributed by atoms with Crippen LogP contribution in [0.3, 0.4) is 0 Å². The molecular formula is C28H25Cl2N5O. The van der Waals surface area contributed by atoms with Gasteiger partial charge in [0.25, 0.3) is 5.91 Å². The molecule has 0 aliphatic rings. The number of halogens is 2. The van der Waals surface area contributed by atoms with Crippen LogP contribution in [-0.4, -0.2) is 10.9 Å². The number of nitrogens with one attached hydrogen (secondary N) is 3. The first-order chi connectivity index (χ1) is 16.6. The zero-order valence-corrected chi connectivity index (χ0v) is 21.1. The van der Waals surface area contributed by atoms with Gasteiger partial charge in [0.05, 0.1) is 11.2 Å². The lowest BCUT2D eigenvalue weighted by Crippen LogP contribution is -3.00. The van der Waals surface area contributed by atoms with Gasteiger partial charge in [-0.3, -0.25) is 9.78 Å². The normalized spacial score (nSPS) is 10.0. The number of rotatable bonds is 6. The van der Waals surface area contributed by atoms with E-state index in [0.717, 1.165) is 39.3 Å². The summed E-state index contributed by atoms with van der Waals surface area (Å²) in [4.78, 5) is 17.1. The molecular weight excluding hydrogens is 493 g/mol. The van der Waals surface area contributed by atoms with E-state index in [1.807, 2.05) is 115 Å². The number of amides is 1. The number of hydrogen-bond donors (Lipinski definition) is 3. The second-order valence-electron chi connectivity index (χ2n) is 7.99. The van der Waals surface area contributed by atoms with Crippen LogP contribution < -0.4 is 32.9 Å². The van der Waals surface area contributed by atoms with Crippen LogP contribution in [0.25, 0.3) is 10.9 Å². The summed E-state index contributed by atoms with van der Waals surface area (Å²) in [5, 5.41) is 10.8. The molecule has 5 rings (SSSR count). The molecule has 2 aromatic heterocycles. The maximum Gasteiger partial charge on any atom is 0.255 e. The second kappa shape index (κ2) is 12.0. The molecule has 0 bridgehead atoms. The van der Waals surface area contributed by atoms with Crippen LogP contribution in [0.5, 0.6) is 0 Å². The number of carbonyl (C=O) groups is 1.